The van der Waals surface area contributed by atoms with Crippen molar-refractivity contribution < 1.29 is 28.6 Å². The molecule has 0 radical (unpaired) electrons. The quantitative estimate of drug-likeness (QED) is 0.342. The number of anilines is 1. The highest BCUT2D eigenvalue weighted by Crippen LogP contribution is 2.46. The lowest BCUT2D eigenvalue weighted by molar-refractivity contribution is -0.132. The van der Waals surface area contributed by atoms with Crippen LogP contribution in [0.25, 0.3) is 5.76 Å². The van der Waals surface area contributed by atoms with Gasteiger partial charge in [0.2, 0.25) is 0 Å². The monoisotopic (exact) mass is 447 g/mol. The van der Waals surface area contributed by atoms with E-state index in [1.807, 2.05) is 32.0 Å². The molecule has 1 aliphatic rings. The van der Waals surface area contributed by atoms with Gasteiger partial charge in [0.05, 0.1) is 19.8 Å². The molecular formula is C26H25NO6. The molecule has 1 aromatic heterocycles. The highest BCUT2D eigenvalue weighted by Gasteiger charge is 2.49. The van der Waals surface area contributed by atoms with Gasteiger partial charge in [-0.1, -0.05) is 18.2 Å². The van der Waals surface area contributed by atoms with Gasteiger partial charge in [-0.15, -0.1) is 0 Å². The van der Waals surface area contributed by atoms with Crippen LogP contribution in [-0.2, 0) is 9.59 Å². The zero-order chi connectivity index (χ0) is 23.9. The van der Waals surface area contributed by atoms with Crippen molar-refractivity contribution in [3.63, 3.8) is 0 Å². The molecule has 7 heteroatoms. The zero-order valence-corrected chi connectivity index (χ0v) is 19.1. The fourth-order valence-corrected chi connectivity index (χ4v) is 4.15. The predicted octanol–water partition coefficient (Wildman–Crippen LogP) is 4.85. The van der Waals surface area contributed by atoms with Gasteiger partial charge in [-0.3, -0.25) is 14.5 Å². The number of furan rings is 1. The molecule has 0 saturated carbocycles. The normalized spacial score (nSPS) is 17.5. The van der Waals surface area contributed by atoms with Gasteiger partial charge in [0.25, 0.3) is 11.7 Å². The third-order valence-electron chi connectivity index (χ3n) is 5.76. The van der Waals surface area contributed by atoms with Gasteiger partial charge in [0.15, 0.2) is 0 Å². The summed E-state index contributed by atoms with van der Waals surface area (Å²) in [5.41, 5.74) is 2.40. The number of methoxy groups -OCH3 is 2. The SMILES string of the molecule is COc1cccc(OC)c1/C(O)=C1\C(=O)C(=O)N(c2cc(C)ccc2C)C1c1ccc(C)o1. The molecule has 1 amide bonds. The van der Waals surface area contributed by atoms with Crippen molar-refractivity contribution in [1.82, 2.24) is 0 Å². The molecule has 2 heterocycles. The van der Waals surface area contributed by atoms with E-state index in [-0.39, 0.29) is 11.1 Å². The van der Waals surface area contributed by atoms with E-state index in [1.165, 1.54) is 19.1 Å². The molecule has 1 atom stereocenters. The van der Waals surface area contributed by atoms with Crippen LogP contribution < -0.4 is 14.4 Å². The topological polar surface area (TPSA) is 89.2 Å². The molecule has 1 N–H and O–H groups in total. The summed E-state index contributed by atoms with van der Waals surface area (Å²) in [5.74, 6) is -0.374. The Labute approximate surface area is 191 Å². The summed E-state index contributed by atoms with van der Waals surface area (Å²) < 4.78 is 16.7. The van der Waals surface area contributed by atoms with Crippen LogP contribution in [0.3, 0.4) is 0 Å². The molecule has 0 spiro atoms. The van der Waals surface area contributed by atoms with E-state index in [0.29, 0.717) is 28.7 Å². The smallest absolute Gasteiger partial charge is 0.300 e. The standard InChI is InChI=1S/C26H25NO6/c1-14-9-10-15(2)17(13-14)27-23(20-12-11-16(3)33-20)22(25(29)26(27)30)24(28)21-18(31-4)7-6-8-19(21)32-5/h6-13,23,28H,1-5H3/b24-22+. The number of nitrogens with zero attached hydrogens (tertiary/aromatic N) is 1. The molecule has 2 aromatic carbocycles. The second-order valence-corrected chi connectivity index (χ2v) is 7.94. The predicted molar refractivity (Wildman–Crippen MR) is 124 cm³/mol. The molecule has 33 heavy (non-hydrogen) atoms. The number of hydrogen-bond acceptors (Lipinski definition) is 6. The Balaban J connectivity index is 2.03. The molecule has 0 bridgehead atoms. The van der Waals surface area contributed by atoms with Gasteiger partial charge in [0.1, 0.15) is 40.4 Å². The Morgan fingerprint density at radius 1 is 0.970 bits per heavy atom. The van der Waals surface area contributed by atoms with Crippen molar-refractivity contribution in [3.8, 4) is 11.5 Å². The highest BCUT2D eigenvalue weighted by atomic mass is 16.5. The van der Waals surface area contributed by atoms with E-state index < -0.39 is 23.5 Å². The van der Waals surface area contributed by atoms with E-state index >= 15 is 0 Å². The van der Waals surface area contributed by atoms with Gasteiger partial charge < -0.3 is 19.0 Å². The molecule has 1 unspecified atom stereocenters. The summed E-state index contributed by atoms with van der Waals surface area (Å²) in [7, 11) is 2.90. The maximum atomic E-state index is 13.4. The van der Waals surface area contributed by atoms with Crippen molar-refractivity contribution in [3.05, 3.63) is 82.3 Å². The van der Waals surface area contributed by atoms with E-state index in [9.17, 15) is 14.7 Å². The van der Waals surface area contributed by atoms with Gasteiger partial charge in [-0.05, 0) is 62.2 Å². The lowest BCUT2D eigenvalue weighted by atomic mass is 9.97. The number of Topliss-reactive ketones (excluding diaryl/α,β-unsaturated/α-hetero) is 1. The Morgan fingerprint density at radius 3 is 2.21 bits per heavy atom. The molecule has 0 aliphatic carbocycles. The summed E-state index contributed by atoms with van der Waals surface area (Å²) in [5, 5.41) is 11.4. The minimum atomic E-state index is -0.964. The van der Waals surface area contributed by atoms with Gasteiger partial charge in [-0.25, -0.2) is 0 Å². The maximum Gasteiger partial charge on any atom is 0.300 e. The number of benzene rings is 2. The van der Waals surface area contributed by atoms with E-state index in [0.717, 1.165) is 11.1 Å². The third-order valence-corrected chi connectivity index (χ3v) is 5.76. The highest BCUT2D eigenvalue weighted by molar-refractivity contribution is 6.51. The van der Waals surface area contributed by atoms with E-state index in [1.54, 1.807) is 37.3 Å². The maximum absolute atomic E-state index is 13.4. The first-order valence-corrected chi connectivity index (χ1v) is 10.4. The molecular weight excluding hydrogens is 422 g/mol. The van der Waals surface area contributed by atoms with Crippen molar-refractivity contribution in [2.75, 3.05) is 19.1 Å². The summed E-state index contributed by atoms with van der Waals surface area (Å²) in [6.07, 6.45) is 0. The number of aliphatic hydroxyl groups excluding tert-OH is 1. The third kappa shape index (κ3) is 3.65. The van der Waals surface area contributed by atoms with Crippen molar-refractivity contribution in [2.24, 2.45) is 0 Å². The molecule has 4 rings (SSSR count). The summed E-state index contributed by atoms with van der Waals surface area (Å²) >= 11 is 0. The molecule has 1 fully saturated rings. The lowest BCUT2D eigenvalue weighted by Crippen LogP contribution is -2.30. The number of rotatable bonds is 5. The summed E-state index contributed by atoms with van der Waals surface area (Å²) in [4.78, 5) is 28.1. The first-order chi connectivity index (χ1) is 15.8. The number of aliphatic hydroxyl groups is 1. The lowest BCUT2D eigenvalue weighted by Gasteiger charge is -2.25. The number of carbonyl (C=O) groups is 2. The van der Waals surface area contributed by atoms with Crippen LogP contribution in [0.15, 0.2) is 58.5 Å². The number of ether oxygens (including phenoxy) is 2. The van der Waals surface area contributed by atoms with Gasteiger partial charge in [0, 0.05) is 5.69 Å². The number of aryl methyl sites for hydroxylation is 3. The van der Waals surface area contributed by atoms with Crippen LogP contribution in [0.5, 0.6) is 11.5 Å². The van der Waals surface area contributed by atoms with Crippen LogP contribution >= 0.6 is 0 Å². The average Bonchev–Trinajstić information content (AvgIpc) is 3.35. The van der Waals surface area contributed by atoms with Gasteiger partial charge in [-0.2, -0.15) is 0 Å². The van der Waals surface area contributed by atoms with Crippen molar-refractivity contribution in [2.45, 2.75) is 26.8 Å². The molecule has 7 nitrogen and oxygen atoms in total. The fraction of sp³-hybridized carbons (Fsp3) is 0.231. The summed E-state index contributed by atoms with van der Waals surface area (Å²) in [6, 6.07) is 13.1. The second kappa shape index (κ2) is 8.50. The van der Waals surface area contributed by atoms with Gasteiger partial charge >= 0.3 is 0 Å². The van der Waals surface area contributed by atoms with Crippen molar-refractivity contribution >= 4 is 23.1 Å². The van der Waals surface area contributed by atoms with Crippen molar-refractivity contribution in [1.29, 1.82) is 0 Å². The average molecular weight is 447 g/mol. The minimum absolute atomic E-state index is 0.0990. The Bertz CT molecular complexity index is 1260. The first-order valence-electron chi connectivity index (χ1n) is 10.4. The zero-order valence-electron chi connectivity index (χ0n) is 19.1. The fourth-order valence-electron chi connectivity index (χ4n) is 4.15. The number of hydrogen-bond donors (Lipinski definition) is 1. The van der Waals surface area contributed by atoms with Crippen LogP contribution in [0.4, 0.5) is 5.69 Å². The Hall–Kier alpha value is -4.00. The largest absolute Gasteiger partial charge is 0.506 e. The van der Waals surface area contributed by atoms with Crippen LogP contribution in [-0.4, -0.2) is 31.0 Å². The van der Waals surface area contributed by atoms with Crippen LogP contribution in [0.1, 0.15) is 34.3 Å². The van der Waals surface area contributed by atoms with Crippen LogP contribution in [0, 0.1) is 20.8 Å². The first kappa shape index (κ1) is 22.2. The number of amides is 1. The van der Waals surface area contributed by atoms with E-state index in [2.05, 4.69) is 0 Å². The molecule has 3 aromatic rings. The minimum Gasteiger partial charge on any atom is -0.506 e. The van der Waals surface area contributed by atoms with E-state index in [4.69, 9.17) is 13.9 Å². The summed E-state index contributed by atoms with van der Waals surface area (Å²) in [6.45, 7) is 5.55. The van der Waals surface area contributed by atoms with Crippen LogP contribution in [0.2, 0.25) is 0 Å². The molecule has 170 valence electrons. The molecule has 1 saturated heterocycles. The number of ketones is 1. The second-order valence-electron chi connectivity index (χ2n) is 7.94. The molecule has 1 aliphatic heterocycles. The Kier molecular flexibility index (Phi) is 5.72. The number of carbonyl (C=O) groups excluding carboxylic acids is 2. The Morgan fingerprint density at radius 2 is 1.64 bits per heavy atom.